The minimum atomic E-state index is -0.172. The van der Waals surface area contributed by atoms with Crippen LogP contribution in [0.4, 0.5) is 0 Å². The molecule has 8 unspecified atom stereocenters. The highest BCUT2D eigenvalue weighted by molar-refractivity contribution is 5.11. The van der Waals surface area contributed by atoms with Gasteiger partial charge in [0.1, 0.15) is 0 Å². The van der Waals surface area contributed by atoms with Gasteiger partial charge in [-0.2, -0.15) is 0 Å². The van der Waals surface area contributed by atoms with Crippen LogP contribution in [0.2, 0.25) is 0 Å². The maximum absolute atomic E-state index is 11.3. The van der Waals surface area contributed by atoms with Crippen molar-refractivity contribution in [2.24, 2.45) is 46.3 Å². The lowest BCUT2D eigenvalue weighted by atomic mass is 9.43. The third-order valence-corrected chi connectivity index (χ3v) is 10.2. The van der Waals surface area contributed by atoms with Crippen LogP contribution in [0.15, 0.2) is 0 Å². The molecule has 3 heteroatoms. The molecule has 0 saturated heterocycles. The van der Waals surface area contributed by atoms with Gasteiger partial charge in [-0.25, -0.2) is 0 Å². The van der Waals surface area contributed by atoms with Crippen molar-refractivity contribution in [3.63, 3.8) is 0 Å². The van der Waals surface area contributed by atoms with Gasteiger partial charge in [0.2, 0.25) is 0 Å². The second-order valence-electron chi connectivity index (χ2n) is 11.3. The van der Waals surface area contributed by atoms with Crippen LogP contribution in [0.25, 0.3) is 0 Å². The lowest BCUT2D eigenvalue weighted by Crippen LogP contribution is -2.58. The van der Waals surface area contributed by atoms with Crippen molar-refractivity contribution in [1.82, 2.24) is 0 Å². The van der Waals surface area contributed by atoms with E-state index < -0.39 is 0 Å². The minimum Gasteiger partial charge on any atom is -0.396 e. The lowest BCUT2D eigenvalue weighted by molar-refractivity contribution is -0.174. The molecule has 0 radical (unpaired) electrons. The Morgan fingerprint density at radius 1 is 0.926 bits per heavy atom. The molecule has 0 heterocycles. The summed E-state index contributed by atoms with van der Waals surface area (Å²) >= 11 is 0. The second-order valence-corrected chi connectivity index (χ2v) is 11.3. The summed E-state index contributed by atoms with van der Waals surface area (Å²) in [4.78, 5) is 0. The van der Waals surface area contributed by atoms with E-state index in [1.807, 2.05) is 0 Å². The Morgan fingerprint density at radius 3 is 2.37 bits per heavy atom. The molecule has 3 N–H and O–H groups in total. The van der Waals surface area contributed by atoms with Crippen LogP contribution in [0, 0.1) is 46.3 Å². The summed E-state index contributed by atoms with van der Waals surface area (Å²) in [5.41, 5.74) is 0.694. The fourth-order valence-electron chi connectivity index (χ4n) is 8.79. The Labute approximate surface area is 165 Å². The fraction of sp³-hybridized carbons (Fsp3) is 1.00. The summed E-state index contributed by atoms with van der Waals surface area (Å²) < 4.78 is 0. The highest BCUT2D eigenvalue weighted by Crippen LogP contribution is 2.68. The molecule has 4 fully saturated rings. The molecule has 0 aliphatic heterocycles. The van der Waals surface area contributed by atoms with Crippen molar-refractivity contribution in [1.29, 1.82) is 0 Å². The molecule has 0 aromatic rings. The van der Waals surface area contributed by atoms with Gasteiger partial charge < -0.3 is 15.3 Å². The van der Waals surface area contributed by atoms with Crippen LogP contribution in [0.3, 0.4) is 0 Å². The predicted molar refractivity (Wildman–Crippen MR) is 108 cm³/mol. The van der Waals surface area contributed by atoms with E-state index in [-0.39, 0.29) is 12.2 Å². The Bertz CT molecular complexity index is 536. The Morgan fingerprint density at radius 2 is 1.63 bits per heavy atom. The first kappa shape index (κ1) is 20.2. The SMILES string of the molecule is CC(CCCO)C1CCC2C3C(O)CC4CC(O)CC[C@]4(C)C3CC[C@]12C. The maximum Gasteiger partial charge on any atom is 0.0577 e. The molecular formula is C24H42O3. The lowest BCUT2D eigenvalue weighted by Gasteiger charge is -2.62. The highest BCUT2D eigenvalue weighted by atomic mass is 16.3. The van der Waals surface area contributed by atoms with Gasteiger partial charge in [-0.15, -0.1) is 0 Å². The van der Waals surface area contributed by atoms with Gasteiger partial charge in [0.15, 0.2) is 0 Å². The molecule has 0 aromatic carbocycles. The molecule has 0 amide bonds. The molecule has 0 bridgehead atoms. The standard InChI is InChI=1S/C24H42O3/c1-15(5-4-12-25)18-6-7-19-22-20(9-11-24(18,19)3)23(2)10-8-17(26)13-16(23)14-21(22)27/h15-22,25-27H,4-14H2,1-3H3/t15?,16?,17?,18?,19?,20?,21?,22?,23-,24+/m0/s1. The van der Waals surface area contributed by atoms with E-state index >= 15 is 0 Å². The van der Waals surface area contributed by atoms with Gasteiger partial charge in [0.05, 0.1) is 12.2 Å². The number of rotatable bonds is 4. The van der Waals surface area contributed by atoms with Gasteiger partial charge in [-0.05, 0) is 111 Å². The summed E-state index contributed by atoms with van der Waals surface area (Å²) in [7, 11) is 0. The predicted octanol–water partition coefficient (Wildman–Crippen LogP) is 4.39. The molecule has 4 aliphatic carbocycles. The molecular weight excluding hydrogens is 336 g/mol. The first-order chi connectivity index (χ1) is 12.8. The topological polar surface area (TPSA) is 60.7 Å². The van der Waals surface area contributed by atoms with Crippen LogP contribution >= 0.6 is 0 Å². The van der Waals surface area contributed by atoms with E-state index in [9.17, 15) is 15.3 Å². The fourth-order valence-corrected chi connectivity index (χ4v) is 8.79. The molecule has 0 spiro atoms. The quantitative estimate of drug-likeness (QED) is 0.680. The third kappa shape index (κ3) is 3.11. The van der Waals surface area contributed by atoms with Crippen molar-refractivity contribution in [3.8, 4) is 0 Å². The van der Waals surface area contributed by atoms with Crippen LogP contribution in [-0.2, 0) is 0 Å². The first-order valence-corrected chi connectivity index (χ1v) is 11.8. The van der Waals surface area contributed by atoms with Gasteiger partial charge in [0.25, 0.3) is 0 Å². The summed E-state index contributed by atoms with van der Waals surface area (Å²) in [6.07, 6.45) is 10.8. The molecule has 156 valence electrons. The number of fused-ring (bicyclic) bond motifs is 5. The van der Waals surface area contributed by atoms with Crippen molar-refractivity contribution >= 4 is 0 Å². The van der Waals surface area contributed by atoms with Crippen LogP contribution < -0.4 is 0 Å². The molecule has 27 heavy (non-hydrogen) atoms. The van der Waals surface area contributed by atoms with Crippen molar-refractivity contribution < 1.29 is 15.3 Å². The van der Waals surface area contributed by atoms with Crippen molar-refractivity contribution in [2.75, 3.05) is 6.61 Å². The average molecular weight is 379 g/mol. The van der Waals surface area contributed by atoms with E-state index in [4.69, 9.17) is 0 Å². The van der Waals surface area contributed by atoms with Crippen molar-refractivity contribution in [2.45, 2.75) is 97.2 Å². The summed E-state index contributed by atoms with van der Waals surface area (Å²) in [6.45, 7) is 7.74. The smallest absolute Gasteiger partial charge is 0.0577 e. The minimum absolute atomic E-state index is 0.149. The number of hydrogen-bond donors (Lipinski definition) is 3. The molecule has 3 nitrogen and oxygen atoms in total. The molecule has 0 aromatic heterocycles. The monoisotopic (exact) mass is 378 g/mol. The van der Waals surface area contributed by atoms with Crippen molar-refractivity contribution in [3.05, 3.63) is 0 Å². The van der Waals surface area contributed by atoms with Crippen LogP contribution in [-0.4, -0.2) is 34.1 Å². The van der Waals surface area contributed by atoms with E-state index in [0.29, 0.717) is 47.0 Å². The first-order valence-electron chi connectivity index (χ1n) is 11.8. The van der Waals surface area contributed by atoms with E-state index in [1.54, 1.807) is 0 Å². The van der Waals surface area contributed by atoms with Gasteiger partial charge in [-0.1, -0.05) is 20.8 Å². The summed E-state index contributed by atoms with van der Waals surface area (Å²) in [5.74, 6) is 3.71. The van der Waals surface area contributed by atoms with Gasteiger partial charge in [-0.3, -0.25) is 0 Å². The molecule has 4 rings (SSSR count). The Hall–Kier alpha value is -0.120. The zero-order valence-electron chi connectivity index (χ0n) is 17.7. The largest absolute Gasteiger partial charge is 0.396 e. The van der Waals surface area contributed by atoms with E-state index in [2.05, 4.69) is 20.8 Å². The molecule has 10 atom stereocenters. The molecule has 4 saturated carbocycles. The summed E-state index contributed by atoms with van der Waals surface area (Å²) in [6, 6.07) is 0. The average Bonchev–Trinajstić information content (AvgIpc) is 2.98. The van der Waals surface area contributed by atoms with E-state index in [1.165, 1.54) is 25.7 Å². The summed E-state index contributed by atoms with van der Waals surface area (Å²) in [5, 5.41) is 30.7. The number of hydrogen-bond acceptors (Lipinski definition) is 3. The molecule has 4 aliphatic rings. The second kappa shape index (κ2) is 7.29. The van der Waals surface area contributed by atoms with Crippen LogP contribution in [0.5, 0.6) is 0 Å². The van der Waals surface area contributed by atoms with Crippen LogP contribution in [0.1, 0.15) is 85.0 Å². The Balaban J connectivity index is 1.57. The highest BCUT2D eigenvalue weighted by Gasteiger charge is 2.62. The number of aliphatic hydroxyl groups excluding tert-OH is 3. The van der Waals surface area contributed by atoms with E-state index in [0.717, 1.165) is 44.4 Å². The van der Waals surface area contributed by atoms with Gasteiger partial charge >= 0.3 is 0 Å². The maximum atomic E-state index is 11.3. The van der Waals surface area contributed by atoms with Gasteiger partial charge in [0, 0.05) is 6.61 Å². The third-order valence-electron chi connectivity index (χ3n) is 10.2. The number of aliphatic hydroxyl groups is 3. The Kier molecular flexibility index (Phi) is 5.44. The normalized spacial score (nSPS) is 53.3. The zero-order chi connectivity index (χ0) is 19.4. The zero-order valence-corrected chi connectivity index (χ0v) is 17.7.